The van der Waals surface area contributed by atoms with Gasteiger partial charge in [0.2, 0.25) is 27.7 Å². The van der Waals surface area contributed by atoms with E-state index in [1.54, 1.807) is 61.2 Å². The lowest BCUT2D eigenvalue weighted by atomic mass is 9.80. The van der Waals surface area contributed by atoms with Crippen molar-refractivity contribution in [2.45, 2.75) is 38.8 Å². The number of anilines is 4. The fourth-order valence-corrected chi connectivity index (χ4v) is 10.9. The fourth-order valence-electron chi connectivity index (χ4n) is 9.99. The molecule has 0 saturated heterocycles. The Kier molecular flexibility index (Phi) is 42.3. The van der Waals surface area contributed by atoms with Gasteiger partial charge in [-0.05, 0) is 206 Å². The lowest BCUT2D eigenvalue weighted by Gasteiger charge is -2.15. The molecule has 0 radical (unpaired) electrons. The first kappa shape index (κ1) is 91.9. The number of benzene rings is 7. The van der Waals surface area contributed by atoms with Crippen molar-refractivity contribution in [3.8, 4) is 73.8 Å². The Morgan fingerprint density at radius 1 is 0.561 bits per heavy atom. The zero-order valence-corrected chi connectivity index (χ0v) is 68.4. The molecule has 13 rings (SSSR count). The van der Waals surface area contributed by atoms with E-state index in [4.69, 9.17) is 75.8 Å². The average molecular weight is 1700 g/mol. The maximum absolute atomic E-state index is 9.27. The lowest BCUT2D eigenvalue weighted by Crippen LogP contribution is -2.29. The number of hydrogen-bond donors (Lipinski definition) is 6. The van der Waals surface area contributed by atoms with Crippen LogP contribution in [0, 0.1) is 0 Å². The standard InChI is InChI=1S/C25H28N4O.C23H24N4O.C14H13ClN2O.C10H7ClN2O.C6H7BO3.C4H7Br.C4H2Cl2N2.ClH/c1-4-6-16-30-23-12-8-10-21(18-23)24-13-14-26-25(28-24)27-22-11-7-9-20(17-22)19-29(3)15-5-2;1-27-13-3-2-4-14-28-21-10-6-8-19(16-21)22-11-12-24-23(26-22)25-20-9-5-7-18(15-20)17-27;1-2-3-9-18-12-6-4-5-11(10-12)13-7-8-16-14(15)17-13;11-10-12-5-4-9(13-10)7-2-1-3-8(14)6-7;8-6-3-1-2-5(4-6)7(9)10;1-2-3-4-5;5-3-1-2-7-4(6)8-3;/h4-5,7-14,17-18H,1-2,6,15-16,19H2,3H3,(H,26,27,28);2-3,5-12,15-16H,4,13-14,17H2,1H3,(H,24,25,26);2,4-8,10H,1,3,9H2;1-6,14H;1-4,8-10H;2H,1,3-4H2;1-2H;1H/b;3-2+;;;;;;. The van der Waals surface area contributed by atoms with Gasteiger partial charge in [-0.1, -0.05) is 149 Å². The second-order valence-electron chi connectivity index (χ2n) is 24.3. The number of nitrogens with one attached hydrogen (secondary N) is 2. The number of allylic oxidation sites excluding steroid dienone is 1. The Morgan fingerprint density at radius 3 is 1.65 bits per heavy atom. The highest BCUT2D eigenvalue weighted by Gasteiger charge is 2.12. The van der Waals surface area contributed by atoms with E-state index in [1.807, 2.05) is 140 Å². The summed E-state index contributed by atoms with van der Waals surface area (Å²) in [4.78, 5) is 45.6. The third-order valence-electron chi connectivity index (χ3n) is 15.2. The molecule has 7 aromatic carbocycles. The van der Waals surface area contributed by atoms with Gasteiger partial charge >= 0.3 is 7.12 Å². The highest BCUT2D eigenvalue weighted by molar-refractivity contribution is 9.09. The molecule has 6 N–H and O–H groups in total. The number of rotatable bonds is 20. The van der Waals surface area contributed by atoms with Crippen LogP contribution in [0.25, 0.3) is 45.0 Å². The van der Waals surface area contributed by atoms with Crippen LogP contribution in [-0.4, -0.2) is 139 Å². The Balaban J connectivity index is 0.000000221. The second kappa shape index (κ2) is 52.4. The third kappa shape index (κ3) is 35.4. The summed E-state index contributed by atoms with van der Waals surface area (Å²) in [7, 11) is 2.69. The second-order valence-corrected chi connectivity index (χ2v) is 26.5. The van der Waals surface area contributed by atoms with Gasteiger partial charge in [0.25, 0.3) is 0 Å². The Hall–Kier alpha value is -10.9. The molecule has 0 aliphatic carbocycles. The zero-order chi connectivity index (χ0) is 80.8. The summed E-state index contributed by atoms with van der Waals surface area (Å²) in [5.41, 5.74) is 11.6. The molecule has 0 unspecified atom stereocenters. The van der Waals surface area contributed by atoms with E-state index in [9.17, 15) is 5.11 Å². The van der Waals surface area contributed by atoms with Gasteiger partial charge in [0.1, 0.15) is 33.9 Å². The quantitative estimate of drug-likeness (QED) is 0.0103. The summed E-state index contributed by atoms with van der Waals surface area (Å²) in [5.74, 6) is 3.86. The molecule has 6 bridgehead atoms. The molecule has 12 aromatic rings. The van der Waals surface area contributed by atoms with Gasteiger partial charge in [-0.25, -0.2) is 49.8 Å². The maximum atomic E-state index is 9.27. The van der Waals surface area contributed by atoms with E-state index in [1.165, 1.54) is 35.5 Å². The maximum Gasteiger partial charge on any atom is 0.488 e. The van der Waals surface area contributed by atoms with Gasteiger partial charge in [-0.3, -0.25) is 9.80 Å². The highest BCUT2D eigenvalue weighted by Crippen LogP contribution is 2.29. The van der Waals surface area contributed by atoms with Gasteiger partial charge in [0.05, 0.1) is 42.6 Å². The molecule has 114 heavy (non-hydrogen) atoms. The smallest absolute Gasteiger partial charge is 0.488 e. The van der Waals surface area contributed by atoms with Crippen molar-refractivity contribution in [3.63, 3.8) is 0 Å². The molecular weight excluding hydrogens is 1610 g/mol. The number of fused-ring (bicyclic) bond motifs is 7. The van der Waals surface area contributed by atoms with Gasteiger partial charge in [-0.15, -0.1) is 38.7 Å². The molecular formula is C86H89BBrCl5N14O7. The first-order valence-electron chi connectivity index (χ1n) is 35.5. The van der Waals surface area contributed by atoms with Crippen LogP contribution < -0.4 is 30.3 Å². The summed E-state index contributed by atoms with van der Waals surface area (Å²) in [6, 6.07) is 61.9. The van der Waals surface area contributed by atoms with E-state index in [-0.39, 0.29) is 39.8 Å². The van der Waals surface area contributed by atoms with Crippen molar-refractivity contribution >= 4 is 111 Å². The molecule has 1 aliphatic rings. The molecule has 6 heterocycles. The number of likely N-dealkylation sites (N-methyl/N-ethyl adjacent to an activating group) is 2. The third-order valence-corrected chi connectivity index (χ3v) is 16.4. The van der Waals surface area contributed by atoms with Crippen molar-refractivity contribution in [2.75, 3.05) is 63.0 Å². The molecule has 0 saturated carbocycles. The molecule has 0 fully saturated rings. The molecule has 590 valence electrons. The minimum absolute atomic E-state index is 0. The first-order chi connectivity index (χ1) is 54.9. The Bertz CT molecular complexity index is 4890. The van der Waals surface area contributed by atoms with Crippen molar-refractivity contribution in [1.82, 2.24) is 59.6 Å². The van der Waals surface area contributed by atoms with Crippen molar-refractivity contribution in [3.05, 3.63) is 326 Å². The number of hydrogen-bond acceptors (Lipinski definition) is 21. The van der Waals surface area contributed by atoms with Crippen LogP contribution in [0.15, 0.2) is 294 Å². The molecule has 5 aromatic heterocycles. The molecule has 0 spiro atoms. The minimum Gasteiger partial charge on any atom is -0.508 e. The Labute approximate surface area is 701 Å². The number of halogens is 6. The lowest BCUT2D eigenvalue weighted by molar-refractivity contribution is 0.324. The number of aromatic hydroxyl groups is 2. The number of phenols is 2. The van der Waals surface area contributed by atoms with E-state index in [0.717, 1.165) is 125 Å². The van der Waals surface area contributed by atoms with Crippen LogP contribution in [0.1, 0.15) is 36.8 Å². The summed E-state index contributed by atoms with van der Waals surface area (Å²) in [6.07, 6.45) is 23.7. The van der Waals surface area contributed by atoms with Crippen molar-refractivity contribution in [2.24, 2.45) is 0 Å². The zero-order valence-electron chi connectivity index (χ0n) is 63.0. The topological polar surface area (TPSA) is 268 Å². The molecule has 28 heteroatoms. The predicted octanol–water partition coefficient (Wildman–Crippen LogP) is 19.6. The molecule has 0 amide bonds. The fraction of sp³-hybridized carbons (Fsp3) is 0.163. The Morgan fingerprint density at radius 2 is 1.10 bits per heavy atom. The van der Waals surface area contributed by atoms with Crippen molar-refractivity contribution < 1.29 is 34.5 Å². The number of phenolic OH excluding ortho intramolecular Hbond substituents is 2. The van der Waals surface area contributed by atoms with E-state index >= 15 is 0 Å². The number of alkyl halides is 1. The average Bonchev–Trinajstić information content (AvgIpc) is 0.848. The summed E-state index contributed by atoms with van der Waals surface area (Å²) in [5, 5.41) is 44.0. The summed E-state index contributed by atoms with van der Waals surface area (Å²) >= 11 is 25.4. The van der Waals surface area contributed by atoms with Crippen molar-refractivity contribution in [1.29, 1.82) is 0 Å². The normalized spacial score (nSPS) is 11.4. The highest BCUT2D eigenvalue weighted by atomic mass is 79.9. The molecule has 21 nitrogen and oxygen atoms in total. The van der Waals surface area contributed by atoms with Crippen LogP contribution in [-0.2, 0) is 13.1 Å². The van der Waals surface area contributed by atoms with Crippen LogP contribution in [0.3, 0.4) is 0 Å². The summed E-state index contributed by atoms with van der Waals surface area (Å²) in [6.45, 7) is 20.0. The van der Waals surface area contributed by atoms with Gasteiger partial charge < -0.3 is 45.1 Å². The monoisotopic (exact) mass is 1690 g/mol. The SMILES string of the molecule is C=CCCBr.C=CCCOc1cccc(-c2ccnc(Cl)n2)c1.C=CCCOc1cccc(-c2ccnc(Nc3cccc(CN(C)CC=C)c3)n2)c1.CN1C/C=C/CCOc2cccc(c2)-c2ccnc(n2)Nc2cccc(c2)C1.Cl.Clc1ccnc(Cl)n1.OB(O)c1cccc(O)c1.Oc1cccc(-c2ccnc(Cl)n2)c1. The van der Waals surface area contributed by atoms with Gasteiger partial charge in [0.15, 0.2) is 0 Å². The van der Waals surface area contributed by atoms with E-state index in [2.05, 4.69) is 169 Å². The van der Waals surface area contributed by atoms with Crippen LogP contribution in [0.4, 0.5) is 23.3 Å². The van der Waals surface area contributed by atoms with Crippen LogP contribution >= 0.6 is 74.7 Å². The first-order valence-corrected chi connectivity index (χ1v) is 38.2. The predicted molar refractivity (Wildman–Crippen MR) is 470 cm³/mol. The number of aromatic nitrogens is 10. The number of nitrogens with zero attached hydrogens (tertiary/aromatic N) is 12. The summed E-state index contributed by atoms with van der Waals surface area (Å²) < 4.78 is 17.2. The van der Waals surface area contributed by atoms with E-state index < -0.39 is 7.12 Å². The minimum atomic E-state index is -1.51. The molecule has 0 atom stereocenters. The van der Waals surface area contributed by atoms with E-state index in [0.29, 0.717) is 48.0 Å². The van der Waals surface area contributed by atoms with Crippen LogP contribution in [0.5, 0.6) is 28.7 Å². The largest absolute Gasteiger partial charge is 0.508 e. The van der Waals surface area contributed by atoms with Crippen LogP contribution in [0.2, 0.25) is 21.0 Å². The number of ether oxygens (including phenoxy) is 3. The van der Waals surface area contributed by atoms with Gasteiger partial charge in [-0.2, -0.15) is 0 Å². The van der Waals surface area contributed by atoms with Gasteiger partial charge in [0, 0.05) is 96.1 Å². The molecule has 1 aliphatic heterocycles.